The topological polar surface area (TPSA) is 98.1 Å². The lowest BCUT2D eigenvalue weighted by Crippen LogP contribution is -2.01. The van der Waals surface area contributed by atoms with E-state index in [-0.39, 0.29) is 17.3 Å². The molecule has 0 saturated heterocycles. The minimum absolute atomic E-state index is 0.136. The Balaban J connectivity index is 2.35. The van der Waals surface area contributed by atoms with Crippen LogP contribution in [0.25, 0.3) is 11.5 Å². The molecule has 0 atom stereocenters. The van der Waals surface area contributed by atoms with E-state index in [1.54, 1.807) is 0 Å². The number of aromatic nitrogens is 3. The van der Waals surface area contributed by atoms with Crippen molar-refractivity contribution in [1.82, 2.24) is 15.2 Å². The average Bonchev–Trinajstić information content (AvgIpc) is 2.78. The maximum absolute atomic E-state index is 11.0. The molecular weight excluding hydrogens is 214 g/mol. The molecule has 0 aromatic carbocycles. The summed E-state index contributed by atoms with van der Waals surface area (Å²) in [4.78, 5) is 24.3. The first-order valence-electron chi connectivity index (χ1n) is 4.31. The number of methoxy groups -OCH3 is 1. The largest absolute Gasteiger partial charge is 0.462 e. The first-order valence-corrected chi connectivity index (χ1v) is 4.31. The molecule has 0 aliphatic rings. The Morgan fingerprint density at radius 3 is 2.88 bits per heavy atom. The van der Waals surface area contributed by atoms with E-state index in [4.69, 9.17) is 4.42 Å². The molecule has 2 rings (SSSR count). The highest BCUT2D eigenvalue weighted by atomic mass is 16.5. The Morgan fingerprint density at radius 1 is 1.44 bits per heavy atom. The fourth-order valence-corrected chi connectivity index (χ4v) is 1.05. The van der Waals surface area contributed by atoms with Crippen molar-refractivity contribution in [3.63, 3.8) is 0 Å². The van der Waals surface area contributed by atoms with E-state index in [0.29, 0.717) is 5.56 Å². The van der Waals surface area contributed by atoms with Gasteiger partial charge in [0.1, 0.15) is 0 Å². The van der Waals surface area contributed by atoms with Gasteiger partial charge in [0.05, 0.1) is 12.7 Å². The fourth-order valence-electron chi connectivity index (χ4n) is 1.05. The van der Waals surface area contributed by atoms with Crippen molar-refractivity contribution in [3.05, 3.63) is 34.6 Å². The number of carbonyl (C=O) groups is 1. The van der Waals surface area contributed by atoms with Gasteiger partial charge in [-0.25, -0.2) is 4.79 Å². The van der Waals surface area contributed by atoms with Crippen LogP contribution in [0.2, 0.25) is 0 Å². The molecule has 1 N–H and O–H groups in total. The molecule has 0 aliphatic heterocycles. The van der Waals surface area contributed by atoms with Crippen LogP contribution in [-0.4, -0.2) is 28.3 Å². The number of nitrogens with zero attached hydrogens (tertiary/aromatic N) is 2. The summed E-state index contributed by atoms with van der Waals surface area (Å²) in [6.45, 7) is 0. The fraction of sp³-hybridized carbons (Fsp3) is 0.111. The molecule has 7 nitrogen and oxygen atoms in total. The summed E-state index contributed by atoms with van der Waals surface area (Å²) in [6, 6.07) is 2.82. The number of hydrogen-bond donors (Lipinski definition) is 1. The second-order valence-corrected chi connectivity index (χ2v) is 2.85. The predicted molar refractivity (Wildman–Crippen MR) is 51.7 cm³/mol. The van der Waals surface area contributed by atoms with Crippen LogP contribution in [0, 0.1) is 0 Å². The Bertz CT molecular complexity index is 552. The molecule has 2 aromatic rings. The summed E-state index contributed by atoms with van der Waals surface area (Å²) in [5.41, 5.74) is 0.277. The van der Waals surface area contributed by atoms with E-state index in [1.807, 2.05) is 0 Å². The summed E-state index contributed by atoms with van der Waals surface area (Å²) in [7, 11) is 1.21. The second-order valence-electron chi connectivity index (χ2n) is 2.85. The summed E-state index contributed by atoms with van der Waals surface area (Å²) >= 11 is 0. The maximum atomic E-state index is 11.0. The Hall–Kier alpha value is -2.44. The molecule has 7 heteroatoms. The van der Waals surface area contributed by atoms with Crippen LogP contribution in [0.1, 0.15) is 10.7 Å². The van der Waals surface area contributed by atoms with E-state index in [2.05, 4.69) is 19.9 Å². The smallest absolute Gasteiger partial charge is 0.396 e. The van der Waals surface area contributed by atoms with Crippen molar-refractivity contribution in [1.29, 1.82) is 0 Å². The molecular formula is C9H7N3O4. The van der Waals surface area contributed by atoms with Crippen LogP contribution in [-0.2, 0) is 4.74 Å². The van der Waals surface area contributed by atoms with Gasteiger partial charge in [-0.1, -0.05) is 0 Å². The van der Waals surface area contributed by atoms with E-state index < -0.39 is 5.97 Å². The van der Waals surface area contributed by atoms with Gasteiger partial charge in [0.25, 0.3) is 0 Å². The van der Waals surface area contributed by atoms with Crippen molar-refractivity contribution < 1.29 is 13.9 Å². The van der Waals surface area contributed by atoms with Crippen molar-refractivity contribution in [2.24, 2.45) is 0 Å². The van der Waals surface area contributed by atoms with Crippen LogP contribution < -0.4 is 5.56 Å². The first-order chi connectivity index (χ1) is 7.70. The average molecular weight is 221 g/mol. The van der Waals surface area contributed by atoms with Gasteiger partial charge in [0, 0.05) is 12.3 Å². The van der Waals surface area contributed by atoms with Gasteiger partial charge in [-0.05, 0) is 6.07 Å². The molecule has 0 aliphatic carbocycles. The molecule has 0 fully saturated rings. The number of nitrogens with one attached hydrogen (secondary N) is 1. The molecule has 0 unspecified atom stereocenters. The second kappa shape index (κ2) is 3.97. The molecule has 2 aromatic heterocycles. The number of carbonyl (C=O) groups excluding carboxylic acids is 1. The van der Waals surface area contributed by atoms with Crippen molar-refractivity contribution >= 4 is 5.97 Å². The van der Waals surface area contributed by atoms with Gasteiger partial charge in [-0.2, -0.15) is 0 Å². The summed E-state index contributed by atoms with van der Waals surface area (Å²) in [6.07, 6.45) is 1.41. The molecule has 82 valence electrons. The standard InChI is InChI=1S/C9H7N3O4/c1-15-9(14)8-12-11-7(16-8)5-2-3-6(13)10-4-5/h2-4H,1H3,(H,10,13). The van der Waals surface area contributed by atoms with Gasteiger partial charge in [-0.15, -0.1) is 10.2 Å². The molecule has 0 saturated carbocycles. The minimum atomic E-state index is -0.705. The van der Waals surface area contributed by atoms with Crippen molar-refractivity contribution in [3.8, 4) is 11.5 Å². The maximum Gasteiger partial charge on any atom is 0.396 e. The third-order valence-corrected chi connectivity index (χ3v) is 1.82. The molecule has 16 heavy (non-hydrogen) atoms. The highest BCUT2D eigenvalue weighted by molar-refractivity contribution is 5.84. The number of hydrogen-bond acceptors (Lipinski definition) is 6. The number of aromatic amines is 1. The molecule has 0 bridgehead atoms. The zero-order valence-electron chi connectivity index (χ0n) is 8.26. The predicted octanol–water partition coefficient (Wildman–Crippen LogP) is 0.211. The summed E-state index contributed by atoms with van der Waals surface area (Å²) in [5.74, 6) is -0.802. The summed E-state index contributed by atoms with van der Waals surface area (Å²) in [5, 5.41) is 7.15. The summed E-state index contributed by atoms with van der Waals surface area (Å²) < 4.78 is 9.46. The third kappa shape index (κ3) is 1.83. The minimum Gasteiger partial charge on any atom is -0.462 e. The van der Waals surface area contributed by atoms with Gasteiger partial charge >= 0.3 is 11.9 Å². The number of ether oxygens (including phenoxy) is 1. The van der Waals surface area contributed by atoms with E-state index in [0.717, 1.165) is 0 Å². The number of H-pyrrole nitrogens is 1. The van der Waals surface area contributed by atoms with Crippen molar-refractivity contribution in [2.75, 3.05) is 7.11 Å². The molecule has 2 heterocycles. The zero-order valence-corrected chi connectivity index (χ0v) is 8.26. The van der Waals surface area contributed by atoms with Gasteiger partial charge in [-0.3, -0.25) is 4.79 Å². The Kier molecular flexibility index (Phi) is 2.50. The highest BCUT2D eigenvalue weighted by Crippen LogP contribution is 2.15. The lowest BCUT2D eigenvalue weighted by atomic mass is 10.3. The SMILES string of the molecule is COC(=O)c1nnc(-c2ccc(=O)[nH]c2)o1. The van der Waals surface area contributed by atoms with E-state index in [9.17, 15) is 9.59 Å². The van der Waals surface area contributed by atoms with Crippen LogP contribution >= 0.6 is 0 Å². The van der Waals surface area contributed by atoms with Gasteiger partial charge in [0.15, 0.2) is 0 Å². The molecule has 0 spiro atoms. The van der Waals surface area contributed by atoms with Crippen LogP contribution in [0.5, 0.6) is 0 Å². The normalized spacial score (nSPS) is 10.1. The first kappa shape index (κ1) is 10.1. The zero-order chi connectivity index (χ0) is 11.5. The monoisotopic (exact) mass is 221 g/mol. The molecule has 0 amide bonds. The van der Waals surface area contributed by atoms with Gasteiger partial charge in [0.2, 0.25) is 11.4 Å². The Labute approximate surface area is 89.1 Å². The number of rotatable bonds is 2. The van der Waals surface area contributed by atoms with E-state index >= 15 is 0 Å². The highest BCUT2D eigenvalue weighted by Gasteiger charge is 2.15. The van der Waals surface area contributed by atoms with Crippen molar-refractivity contribution in [2.45, 2.75) is 0 Å². The lowest BCUT2D eigenvalue weighted by molar-refractivity contribution is 0.0556. The quantitative estimate of drug-likeness (QED) is 0.728. The third-order valence-electron chi connectivity index (χ3n) is 1.82. The molecule has 0 radical (unpaired) electrons. The van der Waals surface area contributed by atoms with Crippen LogP contribution in [0.15, 0.2) is 27.5 Å². The van der Waals surface area contributed by atoms with E-state index in [1.165, 1.54) is 25.4 Å². The number of esters is 1. The van der Waals surface area contributed by atoms with Crippen LogP contribution in [0.4, 0.5) is 0 Å². The number of pyridine rings is 1. The lowest BCUT2D eigenvalue weighted by Gasteiger charge is -1.92. The van der Waals surface area contributed by atoms with Gasteiger partial charge < -0.3 is 14.1 Å². The Morgan fingerprint density at radius 2 is 2.25 bits per heavy atom. The van der Waals surface area contributed by atoms with Crippen LogP contribution in [0.3, 0.4) is 0 Å².